The molecule has 7 nitrogen and oxygen atoms in total. The number of para-hydroxylation sites is 1. The van der Waals surface area contributed by atoms with Gasteiger partial charge in [0.15, 0.2) is 5.69 Å². The van der Waals surface area contributed by atoms with Crippen LogP contribution < -0.4 is 5.32 Å². The Balaban J connectivity index is 2.12. The van der Waals surface area contributed by atoms with Gasteiger partial charge in [-0.3, -0.25) is 4.79 Å². The molecule has 0 saturated carbocycles. The molecule has 0 radical (unpaired) electrons. The van der Waals surface area contributed by atoms with Gasteiger partial charge < -0.3 is 14.8 Å². The Morgan fingerprint density at radius 1 is 1.03 bits per heavy atom. The van der Waals surface area contributed by atoms with E-state index in [1.54, 1.807) is 38.1 Å². The first-order valence-electron chi connectivity index (χ1n) is 11.2. The number of benzene rings is 2. The van der Waals surface area contributed by atoms with Crippen LogP contribution in [0.4, 0.5) is 13.2 Å². The van der Waals surface area contributed by atoms with Gasteiger partial charge in [-0.2, -0.15) is 18.3 Å². The molecule has 0 bridgehead atoms. The van der Waals surface area contributed by atoms with Crippen LogP contribution in [0.2, 0.25) is 5.02 Å². The summed E-state index contributed by atoms with van der Waals surface area (Å²) in [4.78, 5) is 24.5. The Kier molecular flexibility index (Phi) is 9.11. The molecule has 0 spiro atoms. The van der Waals surface area contributed by atoms with Gasteiger partial charge in [0, 0.05) is 24.2 Å². The maximum Gasteiger partial charge on any atom is 0.416 e. The van der Waals surface area contributed by atoms with Crippen LogP contribution in [0.15, 0.2) is 48.5 Å². The number of ether oxygens (including phenoxy) is 2. The molecular weight excluding hydrogens is 499 g/mol. The van der Waals surface area contributed by atoms with E-state index in [0.717, 1.165) is 12.1 Å². The Bertz CT molecular complexity index is 1210. The molecule has 36 heavy (non-hydrogen) atoms. The van der Waals surface area contributed by atoms with E-state index in [0.29, 0.717) is 27.5 Å². The number of esters is 2. The third kappa shape index (κ3) is 6.44. The van der Waals surface area contributed by atoms with Gasteiger partial charge in [-0.25, -0.2) is 9.48 Å². The second kappa shape index (κ2) is 12.0. The predicted molar refractivity (Wildman–Crippen MR) is 128 cm³/mol. The molecule has 11 heteroatoms. The average molecular weight is 524 g/mol. The second-order valence-electron chi connectivity index (χ2n) is 7.57. The third-order valence-corrected chi connectivity index (χ3v) is 5.45. The van der Waals surface area contributed by atoms with E-state index in [4.69, 9.17) is 21.1 Å². The first-order valence-corrected chi connectivity index (χ1v) is 11.6. The molecule has 0 atom stereocenters. The molecule has 0 saturated heterocycles. The smallest absolute Gasteiger partial charge is 0.416 e. The van der Waals surface area contributed by atoms with E-state index < -0.39 is 17.7 Å². The highest BCUT2D eigenvalue weighted by atomic mass is 35.5. The number of alkyl halides is 3. The molecule has 0 aliphatic rings. The number of halogens is 4. The lowest BCUT2D eigenvalue weighted by atomic mass is 10.0. The number of hydrogen-bond acceptors (Lipinski definition) is 6. The van der Waals surface area contributed by atoms with Crippen molar-refractivity contribution < 1.29 is 32.2 Å². The Hall–Kier alpha value is -3.37. The van der Waals surface area contributed by atoms with Crippen LogP contribution in [-0.2, 0) is 27.0 Å². The summed E-state index contributed by atoms with van der Waals surface area (Å²) in [6.45, 7) is 4.03. The number of nitrogens with zero attached hydrogens (tertiary/aromatic N) is 2. The topological polar surface area (TPSA) is 82.4 Å². The number of hydrogen-bond donors (Lipinski definition) is 1. The molecule has 1 aromatic heterocycles. The van der Waals surface area contributed by atoms with Crippen molar-refractivity contribution in [1.82, 2.24) is 15.1 Å². The summed E-state index contributed by atoms with van der Waals surface area (Å²) in [7, 11) is 0. The summed E-state index contributed by atoms with van der Waals surface area (Å²) in [5.74, 6) is -1.08. The molecule has 0 aliphatic heterocycles. The second-order valence-corrected chi connectivity index (χ2v) is 7.97. The fourth-order valence-electron chi connectivity index (χ4n) is 3.53. The Labute approximate surface area is 211 Å². The molecule has 2 aromatic carbocycles. The van der Waals surface area contributed by atoms with Crippen LogP contribution in [0.3, 0.4) is 0 Å². The molecule has 0 amide bonds. The van der Waals surface area contributed by atoms with Crippen LogP contribution >= 0.6 is 11.6 Å². The fraction of sp³-hybridized carbons (Fsp3) is 0.320. The monoisotopic (exact) mass is 523 g/mol. The number of carbonyl (C=O) groups excluding carboxylic acids is 2. The van der Waals surface area contributed by atoms with Gasteiger partial charge in [-0.1, -0.05) is 35.9 Å². The molecule has 0 unspecified atom stereocenters. The lowest BCUT2D eigenvalue weighted by Crippen LogP contribution is -2.21. The van der Waals surface area contributed by atoms with E-state index in [9.17, 15) is 22.8 Å². The normalized spacial score (nSPS) is 11.4. The first kappa shape index (κ1) is 27.2. The van der Waals surface area contributed by atoms with Gasteiger partial charge in [-0.05, 0) is 38.1 Å². The highest BCUT2D eigenvalue weighted by Gasteiger charge is 2.31. The van der Waals surface area contributed by atoms with Crippen LogP contribution in [-0.4, -0.2) is 41.5 Å². The van der Waals surface area contributed by atoms with E-state index in [-0.39, 0.29) is 44.4 Å². The van der Waals surface area contributed by atoms with Crippen molar-refractivity contribution in [2.24, 2.45) is 0 Å². The highest BCUT2D eigenvalue weighted by molar-refractivity contribution is 6.32. The fourth-order valence-corrected chi connectivity index (χ4v) is 3.75. The van der Waals surface area contributed by atoms with Crippen LogP contribution in [0, 0.1) is 0 Å². The van der Waals surface area contributed by atoms with E-state index in [2.05, 4.69) is 10.4 Å². The standard InChI is InChI=1S/C25H25ClF3N3O4/c1-3-35-21(33)13-14-30-15-18-22(24(34)36-4-2)31-32(20-8-6-5-7-19(20)26)23(18)16-9-11-17(12-10-16)25(27,28)29/h5-12,30H,3-4,13-15H2,1-2H3. The number of carbonyl (C=O) groups is 2. The molecule has 192 valence electrons. The summed E-state index contributed by atoms with van der Waals surface area (Å²) in [6.07, 6.45) is -4.41. The molecule has 1 heterocycles. The van der Waals surface area contributed by atoms with Gasteiger partial charge in [0.05, 0.1) is 41.6 Å². The van der Waals surface area contributed by atoms with Crippen LogP contribution in [0.5, 0.6) is 0 Å². The predicted octanol–water partition coefficient (Wildman–Crippen LogP) is 5.43. The SMILES string of the molecule is CCOC(=O)CCNCc1c(C(=O)OCC)nn(-c2ccccc2Cl)c1-c1ccc(C(F)(F)F)cc1. The lowest BCUT2D eigenvalue weighted by Gasteiger charge is -2.13. The largest absolute Gasteiger partial charge is 0.466 e. The molecule has 0 fully saturated rings. The van der Waals surface area contributed by atoms with E-state index >= 15 is 0 Å². The summed E-state index contributed by atoms with van der Waals surface area (Å²) < 4.78 is 51.0. The zero-order valence-corrected chi connectivity index (χ0v) is 20.4. The van der Waals surface area contributed by atoms with Crippen LogP contribution in [0.25, 0.3) is 16.9 Å². The molecule has 0 aliphatic carbocycles. The Morgan fingerprint density at radius 3 is 2.31 bits per heavy atom. The van der Waals surface area contributed by atoms with Gasteiger partial charge in [0.2, 0.25) is 0 Å². The highest BCUT2D eigenvalue weighted by Crippen LogP contribution is 2.35. The van der Waals surface area contributed by atoms with E-state index in [1.165, 1.54) is 16.8 Å². The van der Waals surface area contributed by atoms with Gasteiger partial charge in [0.1, 0.15) is 0 Å². The zero-order chi connectivity index (χ0) is 26.3. The van der Waals surface area contributed by atoms with Gasteiger partial charge in [-0.15, -0.1) is 0 Å². The van der Waals surface area contributed by atoms with Crippen molar-refractivity contribution in [2.45, 2.75) is 33.0 Å². The van der Waals surface area contributed by atoms with Crippen molar-refractivity contribution in [3.8, 4) is 16.9 Å². The summed E-state index contributed by atoms with van der Waals surface area (Å²) in [5, 5.41) is 7.86. The lowest BCUT2D eigenvalue weighted by molar-refractivity contribution is -0.143. The maximum atomic E-state index is 13.2. The summed E-state index contributed by atoms with van der Waals surface area (Å²) in [5.41, 5.74) is 0.733. The minimum atomic E-state index is -4.50. The summed E-state index contributed by atoms with van der Waals surface area (Å²) in [6, 6.07) is 11.3. The minimum absolute atomic E-state index is 0.0182. The Morgan fingerprint density at radius 2 is 1.69 bits per heavy atom. The van der Waals surface area contributed by atoms with Crippen LogP contribution in [0.1, 0.15) is 41.9 Å². The molecule has 3 rings (SSSR count). The maximum absolute atomic E-state index is 13.2. The number of rotatable bonds is 10. The van der Waals surface area contributed by atoms with Gasteiger partial charge >= 0.3 is 18.1 Å². The molecule has 1 N–H and O–H groups in total. The van der Waals surface area contributed by atoms with Crippen molar-refractivity contribution in [3.05, 3.63) is 70.4 Å². The third-order valence-electron chi connectivity index (χ3n) is 5.13. The van der Waals surface area contributed by atoms with Gasteiger partial charge in [0.25, 0.3) is 0 Å². The average Bonchev–Trinajstić information content (AvgIpc) is 3.21. The van der Waals surface area contributed by atoms with Crippen molar-refractivity contribution in [2.75, 3.05) is 19.8 Å². The summed E-state index contributed by atoms with van der Waals surface area (Å²) >= 11 is 6.40. The van der Waals surface area contributed by atoms with Crippen molar-refractivity contribution in [1.29, 1.82) is 0 Å². The van der Waals surface area contributed by atoms with E-state index in [1.807, 2.05) is 0 Å². The van der Waals surface area contributed by atoms with Crippen molar-refractivity contribution >= 4 is 23.5 Å². The number of aromatic nitrogens is 2. The quantitative estimate of drug-likeness (QED) is 0.282. The zero-order valence-electron chi connectivity index (χ0n) is 19.7. The minimum Gasteiger partial charge on any atom is -0.466 e. The molecule has 3 aromatic rings. The number of nitrogens with one attached hydrogen (secondary N) is 1. The van der Waals surface area contributed by atoms with Crippen molar-refractivity contribution in [3.63, 3.8) is 0 Å². The molecular formula is C25H25ClF3N3O4. The first-order chi connectivity index (χ1) is 17.2.